The van der Waals surface area contributed by atoms with E-state index >= 15 is 0 Å². The van der Waals surface area contributed by atoms with E-state index in [0.29, 0.717) is 6.04 Å². The highest BCUT2D eigenvalue weighted by molar-refractivity contribution is 5.85. The molecule has 0 radical (unpaired) electrons. The molecule has 0 aliphatic heterocycles. The Bertz CT molecular complexity index is 801. The van der Waals surface area contributed by atoms with Crippen LogP contribution < -0.4 is 5.32 Å². The second-order valence-electron chi connectivity index (χ2n) is 6.82. The van der Waals surface area contributed by atoms with Crippen molar-refractivity contribution in [2.75, 3.05) is 6.54 Å². The van der Waals surface area contributed by atoms with Crippen LogP contribution in [0.15, 0.2) is 48.5 Å². The van der Waals surface area contributed by atoms with E-state index in [2.05, 4.69) is 65.8 Å². The van der Waals surface area contributed by atoms with Gasteiger partial charge in [0.05, 0.1) is 12.2 Å². The van der Waals surface area contributed by atoms with E-state index in [1.54, 1.807) is 5.56 Å². The molecule has 1 aromatic heterocycles. The molecule has 0 unspecified atom stereocenters. The zero-order valence-corrected chi connectivity index (χ0v) is 13.8. The first kappa shape index (κ1) is 14.5. The Morgan fingerprint density at radius 3 is 2.87 bits per heavy atom. The lowest BCUT2D eigenvalue weighted by Gasteiger charge is -2.21. The Balaban J connectivity index is 1.52. The summed E-state index contributed by atoms with van der Waals surface area (Å²) in [4.78, 5) is 3.71. The van der Waals surface area contributed by atoms with Gasteiger partial charge in [0.15, 0.2) is 0 Å². The lowest BCUT2D eigenvalue weighted by molar-refractivity contribution is -0.697. The minimum absolute atomic E-state index is 0.593. The molecular formula is C21H25N2+. The van der Waals surface area contributed by atoms with Gasteiger partial charge in [0.25, 0.3) is 0 Å². The summed E-state index contributed by atoms with van der Waals surface area (Å²) in [5.41, 5.74) is 7.14. The molecule has 118 valence electrons. The summed E-state index contributed by atoms with van der Waals surface area (Å²) in [5, 5.41) is 3.98. The highest BCUT2D eigenvalue weighted by Crippen LogP contribution is 2.33. The highest BCUT2D eigenvalue weighted by Gasteiger charge is 2.26. The molecule has 1 atom stereocenters. The van der Waals surface area contributed by atoms with E-state index < -0.39 is 0 Å². The second-order valence-corrected chi connectivity index (χ2v) is 6.82. The summed E-state index contributed by atoms with van der Waals surface area (Å²) in [7, 11) is 0. The van der Waals surface area contributed by atoms with Gasteiger partial charge in [-0.2, -0.15) is 0 Å². The zero-order valence-electron chi connectivity index (χ0n) is 13.8. The summed E-state index contributed by atoms with van der Waals surface area (Å²) >= 11 is 0. The maximum Gasteiger partial charge on any atom is 0.127 e. The number of hydrogen-bond donors (Lipinski definition) is 2. The monoisotopic (exact) mass is 305 g/mol. The molecule has 2 aromatic carbocycles. The molecule has 0 amide bonds. The second kappa shape index (κ2) is 6.21. The third-order valence-electron chi connectivity index (χ3n) is 5.13. The van der Waals surface area contributed by atoms with Gasteiger partial charge in [-0.1, -0.05) is 42.0 Å². The number of H-pyrrole nitrogens is 1. The van der Waals surface area contributed by atoms with Crippen LogP contribution in [-0.2, 0) is 12.8 Å². The molecule has 1 heterocycles. The molecule has 2 nitrogen and oxygen atoms in total. The van der Waals surface area contributed by atoms with Gasteiger partial charge in [-0.3, -0.25) is 0 Å². The van der Waals surface area contributed by atoms with E-state index in [1.165, 1.54) is 47.0 Å². The standard InChI is InChI=1S/C21H24N2/c1-15-10-11-19-18(14-15)17-8-5-9-20(21(17)23-19)22-13-12-16-6-3-2-4-7-16/h2-4,6-7,10-11,14,20,22-23H,5,8-9,12-13H2,1H3/p+1/t20-/m1/s1. The molecule has 3 N–H and O–H groups in total. The highest BCUT2D eigenvalue weighted by atomic mass is 14.9. The molecule has 0 saturated heterocycles. The first-order chi connectivity index (χ1) is 11.3. The smallest absolute Gasteiger partial charge is 0.127 e. The number of hydrogen-bond acceptors (Lipinski definition) is 0. The van der Waals surface area contributed by atoms with Crippen molar-refractivity contribution in [1.82, 2.24) is 4.98 Å². The lowest BCUT2D eigenvalue weighted by atomic mass is 9.91. The van der Waals surface area contributed by atoms with Crippen molar-refractivity contribution >= 4 is 10.9 Å². The van der Waals surface area contributed by atoms with Crippen LogP contribution in [0, 0.1) is 6.92 Å². The van der Waals surface area contributed by atoms with Crippen molar-refractivity contribution in [2.45, 2.75) is 38.6 Å². The average molecular weight is 305 g/mol. The largest absolute Gasteiger partial charge is 0.353 e. The van der Waals surface area contributed by atoms with E-state index in [0.717, 1.165) is 13.0 Å². The van der Waals surface area contributed by atoms with Gasteiger partial charge >= 0.3 is 0 Å². The summed E-state index contributed by atoms with van der Waals surface area (Å²) < 4.78 is 0. The summed E-state index contributed by atoms with van der Waals surface area (Å²) in [6.45, 7) is 3.34. The first-order valence-corrected chi connectivity index (χ1v) is 8.79. The lowest BCUT2D eigenvalue weighted by Crippen LogP contribution is -2.86. The molecule has 0 spiro atoms. The van der Waals surface area contributed by atoms with Crippen LogP contribution in [0.3, 0.4) is 0 Å². The van der Waals surface area contributed by atoms with Crippen molar-refractivity contribution < 1.29 is 5.32 Å². The third kappa shape index (κ3) is 2.91. The normalized spacial score (nSPS) is 17.3. The van der Waals surface area contributed by atoms with Gasteiger partial charge in [0, 0.05) is 23.7 Å². The topological polar surface area (TPSA) is 32.4 Å². The Morgan fingerprint density at radius 1 is 1.13 bits per heavy atom. The molecule has 23 heavy (non-hydrogen) atoms. The Labute approximate surface area is 137 Å². The minimum Gasteiger partial charge on any atom is -0.353 e. The third-order valence-corrected chi connectivity index (χ3v) is 5.13. The van der Waals surface area contributed by atoms with E-state index in [1.807, 2.05) is 0 Å². The number of quaternary nitrogens is 1. The van der Waals surface area contributed by atoms with Crippen LogP contribution in [0.4, 0.5) is 0 Å². The molecule has 1 aliphatic rings. The van der Waals surface area contributed by atoms with E-state index in [4.69, 9.17) is 0 Å². The zero-order chi connectivity index (χ0) is 15.6. The molecule has 1 aliphatic carbocycles. The van der Waals surface area contributed by atoms with Crippen molar-refractivity contribution in [3.05, 3.63) is 70.9 Å². The van der Waals surface area contributed by atoms with Gasteiger partial charge < -0.3 is 10.3 Å². The Hall–Kier alpha value is -2.06. The molecule has 3 aromatic rings. The molecule has 2 heteroatoms. The summed E-state index contributed by atoms with van der Waals surface area (Å²) in [5.74, 6) is 0. The van der Waals surface area contributed by atoms with E-state index in [9.17, 15) is 0 Å². The fourth-order valence-electron chi connectivity index (χ4n) is 3.94. The number of aryl methyl sites for hydroxylation is 2. The van der Waals surface area contributed by atoms with Crippen LogP contribution in [0.25, 0.3) is 10.9 Å². The fraction of sp³-hybridized carbons (Fsp3) is 0.333. The maximum atomic E-state index is 3.71. The van der Waals surface area contributed by atoms with Crippen molar-refractivity contribution in [3.63, 3.8) is 0 Å². The molecule has 4 rings (SSSR count). The van der Waals surface area contributed by atoms with Crippen molar-refractivity contribution in [3.8, 4) is 0 Å². The van der Waals surface area contributed by atoms with Gasteiger partial charge in [-0.15, -0.1) is 0 Å². The van der Waals surface area contributed by atoms with Crippen LogP contribution in [-0.4, -0.2) is 11.5 Å². The van der Waals surface area contributed by atoms with Gasteiger partial charge in [0.2, 0.25) is 0 Å². The van der Waals surface area contributed by atoms with Gasteiger partial charge in [-0.25, -0.2) is 0 Å². The van der Waals surface area contributed by atoms with Crippen LogP contribution >= 0.6 is 0 Å². The SMILES string of the molecule is Cc1ccc2[nH]c3c(c2c1)CCC[C@H]3[NH2+]CCc1ccccc1. The summed E-state index contributed by atoms with van der Waals surface area (Å²) in [6, 6.07) is 18.2. The number of aromatic nitrogens is 1. The van der Waals surface area contributed by atoms with Gasteiger partial charge in [0.1, 0.15) is 6.04 Å². The quantitative estimate of drug-likeness (QED) is 0.737. The maximum absolute atomic E-state index is 3.71. The Kier molecular flexibility index (Phi) is 3.92. The number of fused-ring (bicyclic) bond motifs is 3. The van der Waals surface area contributed by atoms with Crippen LogP contribution in [0.1, 0.15) is 41.3 Å². The predicted molar refractivity (Wildman–Crippen MR) is 95.7 cm³/mol. The Morgan fingerprint density at radius 2 is 2.00 bits per heavy atom. The molecule has 0 fully saturated rings. The summed E-state index contributed by atoms with van der Waals surface area (Å²) in [6.07, 6.45) is 4.96. The predicted octanol–water partition coefficient (Wildman–Crippen LogP) is 3.66. The van der Waals surface area contributed by atoms with Crippen LogP contribution in [0.5, 0.6) is 0 Å². The minimum atomic E-state index is 0.593. The van der Waals surface area contributed by atoms with Crippen molar-refractivity contribution in [2.24, 2.45) is 0 Å². The number of nitrogens with two attached hydrogens (primary N) is 1. The number of rotatable bonds is 4. The number of nitrogens with one attached hydrogen (secondary N) is 1. The van der Waals surface area contributed by atoms with Gasteiger partial charge in [-0.05, 0) is 43.0 Å². The fourth-order valence-corrected chi connectivity index (χ4v) is 3.94. The molecule has 0 bridgehead atoms. The number of aromatic amines is 1. The molecular weight excluding hydrogens is 280 g/mol. The van der Waals surface area contributed by atoms with E-state index in [-0.39, 0.29) is 0 Å². The number of benzene rings is 2. The van der Waals surface area contributed by atoms with Crippen molar-refractivity contribution in [1.29, 1.82) is 0 Å². The van der Waals surface area contributed by atoms with Crippen LogP contribution in [0.2, 0.25) is 0 Å². The first-order valence-electron chi connectivity index (χ1n) is 8.79. The average Bonchev–Trinajstić information content (AvgIpc) is 2.95. The molecule has 0 saturated carbocycles.